The molecule has 0 radical (unpaired) electrons. The zero-order chi connectivity index (χ0) is 14.7. The van der Waals surface area contributed by atoms with Crippen molar-refractivity contribution in [3.05, 3.63) is 23.8 Å². The van der Waals surface area contributed by atoms with Crippen LogP contribution in [0.15, 0.2) is 18.2 Å². The molecule has 6 heteroatoms. The number of amides is 2. The summed E-state index contributed by atoms with van der Waals surface area (Å²) in [4.78, 5) is 23.3. The van der Waals surface area contributed by atoms with Crippen LogP contribution in [0.4, 0.5) is 11.4 Å². The molecule has 0 saturated carbocycles. The molecule has 1 heterocycles. The summed E-state index contributed by atoms with van der Waals surface area (Å²) < 4.78 is 0. The van der Waals surface area contributed by atoms with E-state index in [-0.39, 0.29) is 30.1 Å². The molecule has 0 aliphatic carbocycles. The smallest absolute Gasteiger partial charge is 0.227 e. The van der Waals surface area contributed by atoms with Crippen molar-refractivity contribution in [1.82, 2.24) is 5.32 Å². The van der Waals surface area contributed by atoms with Gasteiger partial charge in [0.25, 0.3) is 0 Å². The number of carbonyl (C=O) groups is 2. The second-order valence-corrected chi connectivity index (χ2v) is 5.41. The van der Waals surface area contributed by atoms with Crippen LogP contribution in [0.2, 0.25) is 0 Å². The van der Waals surface area contributed by atoms with Crippen molar-refractivity contribution in [3.63, 3.8) is 0 Å². The van der Waals surface area contributed by atoms with Gasteiger partial charge in [-0.2, -0.15) is 0 Å². The minimum atomic E-state index is -0.125. The molecule has 2 amide bonds. The van der Waals surface area contributed by atoms with Crippen LogP contribution in [0.1, 0.15) is 19.4 Å². The zero-order valence-corrected chi connectivity index (χ0v) is 13.3. The van der Waals surface area contributed by atoms with Crippen LogP contribution in [0.5, 0.6) is 0 Å². The van der Waals surface area contributed by atoms with Crippen LogP contribution in [0.3, 0.4) is 0 Å². The van der Waals surface area contributed by atoms with E-state index < -0.39 is 0 Å². The summed E-state index contributed by atoms with van der Waals surface area (Å²) in [7, 11) is 0. The number of aryl methyl sites for hydroxylation is 1. The Hall–Kier alpha value is -1.59. The van der Waals surface area contributed by atoms with Crippen molar-refractivity contribution in [2.75, 3.05) is 23.7 Å². The van der Waals surface area contributed by atoms with E-state index in [0.29, 0.717) is 11.6 Å². The largest absolute Gasteiger partial charge is 0.326 e. The quantitative estimate of drug-likeness (QED) is 0.798. The van der Waals surface area contributed by atoms with E-state index in [1.807, 2.05) is 26.0 Å². The van der Waals surface area contributed by atoms with Gasteiger partial charge in [-0.15, -0.1) is 12.4 Å². The summed E-state index contributed by atoms with van der Waals surface area (Å²) in [5.74, 6) is 0.300. The number of hydrogen-bond acceptors (Lipinski definition) is 3. The summed E-state index contributed by atoms with van der Waals surface area (Å²) in [6, 6.07) is 5.50. The molecule has 1 aliphatic rings. The van der Waals surface area contributed by atoms with Crippen LogP contribution in [0.25, 0.3) is 0 Å². The van der Waals surface area contributed by atoms with E-state index >= 15 is 0 Å². The number of nitrogens with one attached hydrogen (secondary N) is 3. The molecule has 3 N–H and O–H groups in total. The number of benzene rings is 1. The van der Waals surface area contributed by atoms with Gasteiger partial charge in [0.1, 0.15) is 0 Å². The average molecular weight is 312 g/mol. The molecular weight excluding hydrogens is 290 g/mol. The van der Waals surface area contributed by atoms with E-state index in [0.717, 1.165) is 24.3 Å². The fourth-order valence-corrected chi connectivity index (χ4v) is 2.16. The first kappa shape index (κ1) is 17.5. The van der Waals surface area contributed by atoms with Crippen molar-refractivity contribution in [1.29, 1.82) is 0 Å². The first-order valence-electron chi connectivity index (χ1n) is 6.87. The first-order valence-corrected chi connectivity index (χ1v) is 6.87. The molecule has 1 aromatic rings. The second-order valence-electron chi connectivity index (χ2n) is 5.41. The van der Waals surface area contributed by atoms with Crippen molar-refractivity contribution >= 4 is 35.6 Å². The highest BCUT2D eigenvalue weighted by atomic mass is 35.5. The second kappa shape index (κ2) is 7.43. The predicted octanol–water partition coefficient (Wildman–Crippen LogP) is 2.17. The lowest BCUT2D eigenvalue weighted by Gasteiger charge is -2.31. The van der Waals surface area contributed by atoms with Crippen LogP contribution < -0.4 is 16.0 Å². The third-order valence-electron chi connectivity index (χ3n) is 3.75. The van der Waals surface area contributed by atoms with Crippen LogP contribution in [-0.4, -0.2) is 24.9 Å². The average Bonchev–Trinajstić information content (AvgIpc) is 2.30. The number of halogens is 1. The maximum absolute atomic E-state index is 12.2. The Kier molecular flexibility index (Phi) is 6.18. The summed E-state index contributed by atoms with van der Waals surface area (Å²) in [5, 5.41) is 8.85. The molecule has 116 valence electrons. The molecule has 0 aromatic heterocycles. The maximum atomic E-state index is 12.2. The molecule has 5 nitrogen and oxygen atoms in total. The van der Waals surface area contributed by atoms with E-state index in [2.05, 4.69) is 16.0 Å². The molecule has 1 fully saturated rings. The normalized spacial score (nSPS) is 15.4. The van der Waals surface area contributed by atoms with Gasteiger partial charge in [0, 0.05) is 24.2 Å². The van der Waals surface area contributed by atoms with Gasteiger partial charge in [-0.3, -0.25) is 9.59 Å². The van der Waals surface area contributed by atoms with Crippen LogP contribution >= 0.6 is 12.4 Å². The maximum Gasteiger partial charge on any atom is 0.227 e. The topological polar surface area (TPSA) is 70.2 Å². The molecule has 1 saturated heterocycles. The third kappa shape index (κ3) is 4.44. The fourth-order valence-electron chi connectivity index (χ4n) is 2.16. The van der Waals surface area contributed by atoms with Crippen molar-refractivity contribution in [3.8, 4) is 0 Å². The molecule has 21 heavy (non-hydrogen) atoms. The molecule has 1 unspecified atom stereocenters. The predicted molar refractivity (Wildman–Crippen MR) is 86.9 cm³/mol. The fraction of sp³-hybridized carbons (Fsp3) is 0.467. The minimum Gasteiger partial charge on any atom is -0.326 e. The lowest BCUT2D eigenvalue weighted by atomic mass is 9.88. The molecule has 0 spiro atoms. The summed E-state index contributed by atoms with van der Waals surface area (Å²) in [6.07, 6.45) is 0. The molecule has 0 bridgehead atoms. The van der Waals surface area contributed by atoms with Gasteiger partial charge in [-0.1, -0.05) is 13.0 Å². The number of hydrogen-bond donors (Lipinski definition) is 3. The monoisotopic (exact) mass is 311 g/mol. The lowest BCUT2D eigenvalue weighted by Crippen LogP contribution is -2.48. The number of carbonyl (C=O) groups excluding carboxylic acids is 2. The molecule has 1 aromatic carbocycles. The van der Waals surface area contributed by atoms with Crippen molar-refractivity contribution < 1.29 is 9.59 Å². The van der Waals surface area contributed by atoms with Gasteiger partial charge in [-0.25, -0.2) is 0 Å². The highest BCUT2D eigenvalue weighted by molar-refractivity contribution is 5.95. The van der Waals surface area contributed by atoms with Gasteiger partial charge < -0.3 is 16.0 Å². The minimum absolute atomic E-state index is 0. The Morgan fingerprint density at radius 2 is 1.95 bits per heavy atom. The SMILES string of the molecule is CC(=O)Nc1ccc(C)c(NC(=O)C(C)C2CNC2)c1.Cl. The van der Waals surface area contributed by atoms with Crippen molar-refractivity contribution in [2.45, 2.75) is 20.8 Å². The van der Waals surface area contributed by atoms with Gasteiger partial charge in [0.2, 0.25) is 11.8 Å². The Labute approximate surface area is 131 Å². The Morgan fingerprint density at radius 1 is 1.29 bits per heavy atom. The molecule has 2 rings (SSSR count). The highest BCUT2D eigenvalue weighted by Crippen LogP contribution is 2.23. The van der Waals surface area contributed by atoms with Crippen LogP contribution in [0, 0.1) is 18.8 Å². The number of rotatable bonds is 4. The molecule has 1 aliphatic heterocycles. The van der Waals surface area contributed by atoms with E-state index in [9.17, 15) is 9.59 Å². The first-order chi connectivity index (χ1) is 9.47. The van der Waals surface area contributed by atoms with E-state index in [4.69, 9.17) is 0 Å². The summed E-state index contributed by atoms with van der Waals surface area (Å²) in [5.41, 5.74) is 2.42. The Morgan fingerprint density at radius 3 is 2.48 bits per heavy atom. The van der Waals surface area contributed by atoms with E-state index in [1.54, 1.807) is 6.07 Å². The standard InChI is InChI=1S/C15H21N3O2.ClH/c1-9-4-5-13(17-11(3)19)6-14(9)18-15(20)10(2)12-7-16-8-12;/h4-6,10,12,16H,7-8H2,1-3H3,(H,17,19)(H,18,20);1H. The van der Waals surface area contributed by atoms with E-state index in [1.165, 1.54) is 6.92 Å². The number of anilines is 2. The van der Waals surface area contributed by atoms with Crippen molar-refractivity contribution in [2.24, 2.45) is 11.8 Å². The Balaban J connectivity index is 0.00000220. The summed E-state index contributed by atoms with van der Waals surface area (Å²) >= 11 is 0. The van der Waals surface area contributed by atoms with Gasteiger partial charge in [0.05, 0.1) is 0 Å². The lowest BCUT2D eigenvalue weighted by molar-refractivity contribution is -0.121. The molecular formula is C15H22ClN3O2. The third-order valence-corrected chi connectivity index (χ3v) is 3.75. The highest BCUT2D eigenvalue weighted by Gasteiger charge is 2.28. The molecule has 1 atom stereocenters. The summed E-state index contributed by atoms with van der Waals surface area (Å²) in [6.45, 7) is 7.15. The Bertz CT molecular complexity index is 530. The van der Waals surface area contributed by atoms with Crippen LogP contribution in [-0.2, 0) is 9.59 Å². The zero-order valence-electron chi connectivity index (χ0n) is 12.5. The van der Waals surface area contributed by atoms with Gasteiger partial charge in [0.15, 0.2) is 0 Å². The van der Waals surface area contributed by atoms with Gasteiger partial charge in [-0.05, 0) is 43.6 Å². The van der Waals surface area contributed by atoms with Gasteiger partial charge >= 0.3 is 0 Å².